The Morgan fingerprint density at radius 3 is 1.89 bits per heavy atom. The van der Waals surface area contributed by atoms with Gasteiger partial charge in [-0.1, -0.05) is 23.7 Å². The summed E-state index contributed by atoms with van der Waals surface area (Å²) in [5, 5.41) is 0.603. The van der Waals surface area contributed by atoms with E-state index in [1.165, 1.54) is 0 Å². The van der Waals surface area contributed by atoms with Crippen LogP contribution in [0.2, 0.25) is 5.02 Å². The summed E-state index contributed by atoms with van der Waals surface area (Å²) in [5.74, 6) is 0.608. The van der Waals surface area contributed by atoms with E-state index < -0.39 is 15.4 Å². The molecule has 4 nitrogen and oxygen atoms in total. The molecular formula is C16H22Cl7N2O2Sb. The number of carbonyl (C=O) groups excluding carboxylic acids is 1. The van der Waals surface area contributed by atoms with Gasteiger partial charge in [0.15, 0.2) is 0 Å². The topological polar surface area (TPSA) is 32.5 Å². The van der Waals surface area contributed by atoms with Gasteiger partial charge in [-0.3, -0.25) is 0 Å². The third-order valence-electron chi connectivity index (χ3n) is 3.55. The summed E-state index contributed by atoms with van der Waals surface area (Å²) in [6, 6.07) is 7.49. The fourth-order valence-electron chi connectivity index (χ4n) is 2.60. The van der Waals surface area contributed by atoms with Crippen molar-refractivity contribution in [1.29, 1.82) is 0 Å². The zero-order valence-electron chi connectivity index (χ0n) is 15.8. The standard InChI is InChI=1S/C16H22ClN2O2.6ClH.Sb/c1-10(2)18-12(5)21-15(19(11(3)4)16(18)20)13-8-6-7-9-14(13)17;;;;;;;/h6-11,15H,1-5H3;6*1H;/q+1;;;;;;;+5/p-6. The third-order valence-corrected chi connectivity index (χ3v) is 3.89. The molecule has 1 atom stereocenters. The van der Waals surface area contributed by atoms with Crippen molar-refractivity contribution in [3.63, 3.8) is 0 Å². The summed E-state index contributed by atoms with van der Waals surface area (Å²) in [6.45, 7) is 9.71. The van der Waals surface area contributed by atoms with Gasteiger partial charge in [0.05, 0.1) is 16.6 Å². The number of hydrogen-bond donors (Lipinski definition) is 0. The van der Waals surface area contributed by atoms with E-state index in [0.717, 1.165) is 5.56 Å². The molecule has 1 aliphatic rings. The SMILES string of the molecule is CC1=[N+](C(C)C)C(=O)N(C(C)C)C(c2ccccc2Cl)O1.[Cl][Sb-]([Cl])([Cl])([Cl])([Cl])[Cl]. The van der Waals surface area contributed by atoms with Gasteiger partial charge in [-0.25, -0.2) is 0 Å². The van der Waals surface area contributed by atoms with Gasteiger partial charge in [0, 0.05) is 6.92 Å². The average molecular weight is 644 g/mol. The van der Waals surface area contributed by atoms with E-state index >= 15 is 0 Å². The molecule has 2 rings (SSSR count). The first-order valence-electron chi connectivity index (χ1n) is 8.22. The van der Waals surface area contributed by atoms with Gasteiger partial charge in [-0.15, -0.1) is 0 Å². The molecule has 1 heterocycles. The van der Waals surface area contributed by atoms with Crippen LogP contribution in [-0.2, 0) is 4.74 Å². The van der Waals surface area contributed by atoms with Crippen LogP contribution in [0.3, 0.4) is 0 Å². The molecule has 1 aliphatic heterocycles. The Bertz CT molecular complexity index is 765. The van der Waals surface area contributed by atoms with E-state index in [1.54, 1.807) is 9.48 Å². The molecule has 1 aromatic rings. The molecule has 0 bridgehead atoms. The van der Waals surface area contributed by atoms with E-state index in [9.17, 15) is 4.79 Å². The van der Waals surface area contributed by atoms with Crippen molar-refractivity contribution in [3.8, 4) is 0 Å². The van der Waals surface area contributed by atoms with Crippen LogP contribution in [0.5, 0.6) is 0 Å². The van der Waals surface area contributed by atoms with Crippen molar-refractivity contribution in [2.75, 3.05) is 0 Å². The van der Waals surface area contributed by atoms with Crippen molar-refractivity contribution in [2.45, 2.75) is 52.9 Å². The first-order valence-corrected chi connectivity index (χ1v) is 28.0. The predicted octanol–water partition coefficient (Wildman–Crippen LogP) is 7.79. The zero-order chi connectivity index (χ0) is 22.1. The summed E-state index contributed by atoms with van der Waals surface area (Å²) in [6.07, 6.45) is -0.485. The van der Waals surface area contributed by atoms with Gasteiger partial charge < -0.3 is 4.74 Å². The molecule has 28 heavy (non-hydrogen) atoms. The summed E-state index contributed by atoms with van der Waals surface area (Å²) in [4.78, 5) is 14.6. The molecule has 0 saturated heterocycles. The van der Waals surface area contributed by atoms with Gasteiger partial charge in [0.1, 0.15) is 6.04 Å². The van der Waals surface area contributed by atoms with Crippen molar-refractivity contribution < 1.29 is 14.1 Å². The molecule has 0 spiro atoms. The molecule has 0 radical (unpaired) electrons. The number of halogens is 7. The van der Waals surface area contributed by atoms with Crippen molar-refractivity contribution in [3.05, 3.63) is 34.9 Å². The predicted molar refractivity (Wildman–Crippen MR) is 125 cm³/mol. The fourth-order valence-corrected chi connectivity index (χ4v) is 2.83. The van der Waals surface area contributed by atoms with Crippen molar-refractivity contribution >= 4 is 85.6 Å². The number of rotatable bonds is 3. The summed E-state index contributed by atoms with van der Waals surface area (Å²) < 4.78 is 7.71. The monoisotopic (exact) mass is 640 g/mol. The van der Waals surface area contributed by atoms with Gasteiger partial charge in [-0.05, 0) is 39.8 Å². The van der Waals surface area contributed by atoms with Crippen molar-refractivity contribution in [1.82, 2.24) is 4.90 Å². The number of nitrogens with zero attached hydrogens (tertiary/aromatic N) is 2. The first kappa shape index (κ1) is 27.0. The van der Waals surface area contributed by atoms with Gasteiger partial charge >= 0.3 is 68.1 Å². The Labute approximate surface area is 190 Å². The van der Waals surface area contributed by atoms with E-state index in [-0.39, 0.29) is 18.1 Å². The van der Waals surface area contributed by atoms with Gasteiger partial charge in [-0.2, -0.15) is 14.3 Å². The molecule has 1 unspecified atom stereocenters. The molecular weight excluding hydrogens is 622 g/mol. The molecule has 162 valence electrons. The first-order chi connectivity index (χ1) is 12.3. The summed E-state index contributed by atoms with van der Waals surface area (Å²) in [7, 11) is 25.0. The molecule has 0 aliphatic carbocycles. The number of ether oxygens (including phenoxy) is 1. The third kappa shape index (κ3) is 9.43. The van der Waals surface area contributed by atoms with E-state index in [4.69, 9.17) is 69.3 Å². The molecule has 0 saturated carbocycles. The second-order valence-corrected chi connectivity index (χ2v) is 64.0. The van der Waals surface area contributed by atoms with Crippen LogP contribution < -0.4 is 0 Å². The number of carbonyl (C=O) groups is 1. The Balaban J connectivity index is 0.000000480. The van der Waals surface area contributed by atoms with Crippen molar-refractivity contribution in [2.24, 2.45) is 0 Å². The minimum atomic E-state index is -5.42. The van der Waals surface area contributed by atoms with Crippen LogP contribution >= 0.6 is 64.6 Å². The fraction of sp³-hybridized carbons (Fsp3) is 0.500. The number of hydrogen-bond acceptors (Lipinski definition) is 2. The Morgan fingerprint density at radius 1 is 1.04 bits per heavy atom. The van der Waals surface area contributed by atoms with Crippen LogP contribution in [0.1, 0.15) is 46.4 Å². The molecule has 2 amide bonds. The van der Waals surface area contributed by atoms with Crippen LogP contribution in [0.25, 0.3) is 0 Å². The van der Waals surface area contributed by atoms with E-state index in [2.05, 4.69) is 0 Å². The molecule has 0 N–H and O–H groups in total. The number of amides is 2. The Kier molecular flexibility index (Phi) is 8.56. The van der Waals surface area contributed by atoms with Gasteiger partial charge in [0.25, 0.3) is 12.1 Å². The normalized spacial score (nSPS) is 20.4. The van der Waals surface area contributed by atoms with Crippen LogP contribution in [0, 0.1) is 0 Å². The summed E-state index contributed by atoms with van der Waals surface area (Å²) in [5.41, 5.74) is 0.809. The average Bonchev–Trinajstić information content (AvgIpc) is 2.42. The second-order valence-electron chi connectivity index (χ2n) is 6.72. The van der Waals surface area contributed by atoms with Gasteiger partial charge in [0.2, 0.25) is 0 Å². The molecule has 0 aromatic heterocycles. The Hall–Kier alpha value is 1.01. The van der Waals surface area contributed by atoms with Crippen LogP contribution in [-0.4, -0.2) is 42.6 Å². The van der Waals surface area contributed by atoms with E-state index in [0.29, 0.717) is 10.9 Å². The maximum absolute atomic E-state index is 12.8. The second kappa shape index (κ2) is 8.86. The minimum absolute atomic E-state index is 0.00752. The Morgan fingerprint density at radius 2 is 1.50 bits per heavy atom. The van der Waals surface area contributed by atoms with Crippen LogP contribution in [0.4, 0.5) is 4.79 Å². The maximum atomic E-state index is 12.8. The zero-order valence-corrected chi connectivity index (χ0v) is 23.7. The van der Waals surface area contributed by atoms with E-state index in [1.807, 2.05) is 58.9 Å². The molecule has 0 fully saturated rings. The summed E-state index contributed by atoms with van der Waals surface area (Å²) >= 11 is 6.28. The number of urea groups is 1. The molecule has 1 aromatic carbocycles. The number of benzene rings is 1. The quantitative estimate of drug-likeness (QED) is 0.249. The van der Waals surface area contributed by atoms with Crippen LogP contribution in [0.15, 0.2) is 24.3 Å². The molecule has 12 heteroatoms.